The van der Waals surface area contributed by atoms with E-state index >= 15 is 0 Å². The van der Waals surface area contributed by atoms with Gasteiger partial charge in [-0.25, -0.2) is 0 Å². The van der Waals surface area contributed by atoms with Crippen LogP contribution in [0.2, 0.25) is 0 Å². The van der Waals surface area contributed by atoms with Gasteiger partial charge in [-0.1, -0.05) is 13.8 Å². The van der Waals surface area contributed by atoms with Crippen LogP contribution in [0.1, 0.15) is 30.7 Å². The summed E-state index contributed by atoms with van der Waals surface area (Å²) in [6, 6.07) is -0.709. The van der Waals surface area contributed by atoms with Crippen molar-refractivity contribution in [2.45, 2.75) is 40.0 Å². The first-order valence-electron chi connectivity index (χ1n) is 6.11. The fraction of sp³-hybridized carbons (Fsp3) is 0.538. The first-order valence-corrected chi connectivity index (χ1v) is 6.11. The molecule has 0 aliphatic heterocycles. The van der Waals surface area contributed by atoms with Crippen LogP contribution in [-0.2, 0) is 17.9 Å². The van der Waals surface area contributed by atoms with Crippen molar-refractivity contribution in [3.8, 4) is 5.75 Å². The number of pyridine rings is 1. The molecule has 0 saturated heterocycles. The standard InChI is InChI=1S/C13H20N2O4/c1-7(2)11(13(18)19)15-5-10-9(6-16)4-14-8(3)12(10)17/h4,7,11,15-17H,5-6H2,1-3H3,(H,18,19)/t11-/m0/s1. The van der Waals surface area contributed by atoms with E-state index in [4.69, 9.17) is 5.11 Å². The Morgan fingerprint density at radius 2 is 2.11 bits per heavy atom. The second kappa shape index (κ2) is 6.49. The van der Waals surface area contributed by atoms with Crippen molar-refractivity contribution in [1.29, 1.82) is 0 Å². The number of nitrogens with zero attached hydrogens (tertiary/aromatic N) is 1. The molecular formula is C13H20N2O4. The van der Waals surface area contributed by atoms with Crippen molar-refractivity contribution in [3.63, 3.8) is 0 Å². The molecule has 1 heterocycles. The summed E-state index contributed by atoms with van der Waals surface area (Å²) in [6.07, 6.45) is 1.48. The maximum atomic E-state index is 11.1. The Balaban J connectivity index is 2.93. The predicted molar refractivity (Wildman–Crippen MR) is 69.7 cm³/mol. The molecule has 4 N–H and O–H groups in total. The molecule has 0 bridgehead atoms. The summed E-state index contributed by atoms with van der Waals surface area (Å²) in [5, 5.41) is 31.1. The number of rotatable bonds is 6. The van der Waals surface area contributed by atoms with E-state index in [0.29, 0.717) is 16.8 Å². The largest absolute Gasteiger partial charge is 0.506 e. The monoisotopic (exact) mass is 268 g/mol. The van der Waals surface area contributed by atoms with E-state index in [1.165, 1.54) is 6.20 Å². The third-order valence-electron chi connectivity index (χ3n) is 3.03. The molecule has 0 saturated carbocycles. The molecular weight excluding hydrogens is 248 g/mol. The van der Waals surface area contributed by atoms with Gasteiger partial charge in [0, 0.05) is 23.9 Å². The minimum absolute atomic E-state index is 0.00746. The molecule has 0 aliphatic rings. The van der Waals surface area contributed by atoms with Gasteiger partial charge < -0.3 is 15.3 Å². The summed E-state index contributed by atoms with van der Waals surface area (Å²) >= 11 is 0. The molecule has 0 radical (unpaired) electrons. The topological polar surface area (TPSA) is 103 Å². The molecule has 0 fully saturated rings. The number of aryl methyl sites for hydroxylation is 1. The van der Waals surface area contributed by atoms with Crippen LogP contribution in [0.15, 0.2) is 6.20 Å². The normalized spacial score (nSPS) is 12.7. The minimum Gasteiger partial charge on any atom is -0.506 e. The number of aliphatic hydroxyl groups is 1. The third kappa shape index (κ3) is 3.65. The lowest BCUT2D eigenvalue weighted by atomic mass is 10.0. The summed E-state index contributed by atoms with van der Waals surface area (Å²) in [5.41, 5.74) is 1.43. The fourth-order valence-electron chi connectivity index (χ4n) is 1.84. The summed E-state index contributed by atoms with van der Waals surface area (Å²) in [7, 11) is 0. The maximum absolute atomic E-state index is 11.1. The molecule has 6 heteroatoms. The number of carboxylic acid groups (broad SMARTS) is 1. The quantitative estimate of drug-likeness (QED) is 0.608. The van der Waals surface area contributed by atoms with Crippen molar-refractivity contribution in [3.05, 3.63) is 23.0 Å². The summed E-state index contributed by atoms with van der Waals surface area (Å²) in [6.45, 7) is 5.17. The van der Waals surface area contributed by atoms with Crippen LogP contribution >= 0.6 is 0 Å². The first-order chi connectivity index (χ1) is 8.88. The van der Waals surface area contributed by atoms with E-state index in [1.807, 2.05) is 0 Å². The summed E-state index contributed by atoms with van der Waals surface area (Å²) in [4.78, 5) is 15.0. The van der Waals surface area contributed by atoms with E-state index in [2.05, 4.69) is 10.3 Å². The molecule has 0 aromatic carbocycles. The van der Waals surface area contributed by atoms with Gasteiger partial charge in [-0.15, -0.1) is 0 Å². The number of aliphatic carboxylic acids is 1. The second-order valence-corrected chi connectivity index (χ2v) is 4.79. The van der Waals surface area contributed by atoms with Gasteiger partial charge in [-0.05, 0) is 12.8 Å². The highest BCUT2D eigenvalue weighted by Crippen LogP contribution is 2.24. The highest BCUT2D eigenvalue weighted by molar-refractivity contribution is 5.73. The highest BCUT2D eigenvalue weighted by Gasteiger charge is 2.22. The van der Waals surface area contributed by atoms with Crippen LogP contribution in [0, 0.1) is 12.8 Å². The highest BCUT2D eigenvalue weighted by atomic mass is 16.4. The number of hydrogen-bond donors (Lipinski definition) is 4. The maximum Gasteiger partial charge on any atom is 0.320 e. The SMILES string of the molecule is Cc1ncc(CO)c(CN[C@H](C(=O)O)C(C)C)c1O. The molecule has 1 aromatic rings. The van der Waals surface area contributed by atoms with Gasteiger partial charge in [0.2, 0.25) is 0 Å². The average molecular weight is 268 g/mol. The zero-order chi connectivity index (χ0) is 14.6. The fourth-order valence-corrected chi connectivity index (χ4v) is 1.84. The number of nitrogens with one attached hydrogen (secondary N) is 1. The van der Waals surface area contributed by atoms with Gasteiger partial charge in [-0.2, -0.15) is 0 Å². The molecule has 0 aliphatic carbocycles. The lowest BCUT2D eigenvalue weighted by Gasteiger charge is -2.19. The van der Waals surface area contributed by atoms with E-state index in [0.717, 1.165) is 0 Å². The average Bonchev–Trinajstić information content (AvgIpc) is 2.33. The lowest BCUT2D eigenvalue weighted by Crippen LogP contribution is -2.40. The van der Waals surface area contributed by atoms with Crippen molar-refractivity contribution in [1.82, 2.24) is 10.3 Å². The Morgan fingerprint density at radius 1 is 1.47 bits per heavy atom. The Morgan fingerprint density at radius 3 is 2.58 bits per heavy atom. The van der Waals surface area contributed by atoms with Gasteiger partial charge >= 0.3 is 5.97 Å². The van der Waals surface area contributed by atoms with E-state index < -0.39 is 12.0 Å². The molecule has 1 rings (SSSR count). The van der Waals surface area contributed by atoms with E-state index in [-0.39, 0.29) is 24.8 Å². The number of aliphatic hydroxyl groups excluding tert-OH is 1. The minimum atomic E-state index is -0.939. The molecule has 106 valence electrons. The number of carboxylic acids is 1. The van der Waals surface area contributed by atoms with Crippen LogP contribution in [0.5, 0.6) is 5.75 Å². The number of aromatic nitrogens is 1. The van der Waals surface area contributed by atoms with Crippen LogP contribution in [0.25, 0.3) is 0 Å². The van der Waals surface area contributed by atoms with Crippen molar-refractivity contribution >= 4 is 5.97 Å². The Kier molecular flexibility index (Phi) is 5.26. The molecule has 1 atom stereocenters. The number of hydrogen-bond acceptors (Lipinski definition) is 5. The summed E-state index contributed by atoms with van der Waals surface area (Å²) in [5.74, 6) is -1.03. The van der Waals surface area contributed by atoms with Crippen LogP contribution < -0.4 is 5.32 Å². The van der Waals surface area contributed by atoms with E-state index in [1.54, 1.807) is 20.8 Å². The Labute approximate surface area is 112 Å². The van der Waals surface area contributed by atoms with Gasteiger partial charge in [-0.3, -0.25) is 15.1 Å². The van der Waals surface area contributed by atoms with Crippen molar-refractivity contribution in [2.24, 2.45) is 5.92 Å². The number of aromatic hydroxyl groups is 1. The van der Waals surface area contributed by atoms with E-state index in [9.17, 15) is 15.0 Å². The number of carbonyl (C=O) groups is 1. The van der Waals surface area contributed by atoms with Gasteiger partial charge in [0.1, 0.15) is 11.8 Å². The van der Waals surface area contributed by atoms with Crippen LogP contribution in [0.3, 0.4) is 0 Å². The zero-order valence-electron chi connectivity index (χ0n) is 11.3. The first kappa shape index (κ1) is 15.4. The molecule has 0 unspecified atom stereocenters. The van der Waals surface area contributed by atoms with Crippen LogP contribution in [-0.4, -0.2) is 32.3 Å². The van der Waals surface area contributed by atoms with Crippen molar-refractivity contribution < 1.29 is 20.1 Å². The predicted octanol–water partition coefficient (Wildman–Crippen LogP) is 0.787. The van der Waals surface area contributed by atoms with Crippen molar-refractivity contribution in [2.75, 3.05) is 0 Å². The lowest BCUT2D eigenvalue weighted by molar-refractivity contribution is -0.140. The Bertz CT molecular complexity index is 460. The van der Waals surface area contributed by atoms with Gasteiger partial charge in [0.05, 0.1) is 12.3 Å². The second-order valence-electron chi connectivity index (χ2n) is 4.79. The van der Waals surface area contributed by atoms with Crippen LogP contribution in [0.4, 0.5) is 0 Å². The molecule has 19 heavy (non-hydrogen) atoms. The van der Waals surface area contributed by atoms with Gasteiger partial charge in [0.15, 0.2) is 0 Å². The molecule has 1 aromatic heterocycles. The zero-order valence-corrected chi connectivity index (χ0v) is 11.3. The Hall–Kier alpha value is -1.66. The third-order valence-corrected chi connectivity index (χ3v) is 3.03. The molecule has 0 amide bonds. The summed E-state index contributed by atoms with van der Waals surface area (Å²) < 4.78 is 0. The molecule has 6 nitrogen and oxygen atoms in total. The molecule has 0 spiro atoms. The van der Waals surface area contributed by atoms with Gasteiger partial charge in [0.25, 0.3) is 0 Å². The smallest absolute Gasteiger partial charge is 0.320 e.